The van der Waals surface area contributed by atoms with E-state index >= 15 is 0 Å². The van der Waals surface area contributed by atoms with Crippen molar-refractivity contribution < 1.29 is 9.84 Å². The van der Waals surface area contributed by atoms with Crippen molar-refractivity contribution in [3.8, 4) is 0 Å². The first-order valence-electron chi connectivity index (χ1n) is 9.54. The van der Waals surface area contributed by atoms with Crippen LogP contribution in [0.15, 0.2) is 72.8 Å². The van der Waals surface area contributed by atoms with Crippen LogP contribution in [-0.2, 0) is 10.3 Å². The maximum absolute atomic E-state index is 9.36. The van der Waals surface area contributed by atoms with E-state index in [0.29, 0.717) is 13.0 Å². The molecule has 0 aliphatic rings. The maximum Gasteiger partial charge on any atom is 0.144 e. The first kappa shape index (κ1) is 19.3. The Labute approximate surface area is 162 Å². The van der Waals surface area contributed by atoms with Gasteiger partial charge in [-0.2, -0.15) is 0 Å². The molecule has 0 fully saturated rings. The summed E-state index contributed by atoms with van der Waals surface area (Å²) in [6.45, 7) is 7.00. The molecule has 0 saturated carbocycles. The molecule has 0 heterocycles. The number of aryl methyl sites for hydroxylation is 3. The Balaban J connectivity index is 2.37. The zero-order valence-corrected chi connectivity index (χ0v) is 16.4. The molecule has 0 radical (unpaired) electrons. The fourth-order valence-electron chi connectivity index (χ4n) is 3.86. The van der Waals surface area contributed by atoms with Gasteiger partial charge in [0.1, 0.15) is 5.60 Å². The SMILES string of the molecule is Cc1ccccc1C(OCCCO)(c1ccccc1C)c1ccccc1C. The highest BCUT2D eigenvalue weighted by molar-refractivity contribution is 5.54. The van der Waals surface area contributed by atoms with E-state index in [9.17, 15) is 5.11 Å². The zero-order chi connectivity index (χ0) is 19.3. The highest BCUT2D eigenvalue weighted by Gasteiger charge is 2.40. The number of ether oxygens (including phenoxy) is 1. The molecule has 0 aromatic heterocycles. The summed E-state index contributed by atoms with van der Waals surface area (Å²) < 4.78 is 6.71. The largest absolute Gasteiger partial charge is 0.396 e. The van der Waals surface area contributed by atoms with Gasteiger partial charge in [0.2, 0.25) is 0 Å². The molecular formula is C25H28O2. The molecular weight excluding hydrogens is 332 g/mol. The van der Waals surface area contributed by atoms with Crippen LogP contribution in [-0.4, -0.2) is 18.3 Å². The first-order valence-corrected chi connectivity index (χ1v) is 9.54. The second-order valence-electron chi connectivity index (χ2n) is 7.05. The van der Waals surface area contributed by atoms with Crippen LogP contribution in [0, 0.1) is 20.8 Å². The molecule has 0 amide bonds. The Morgan fingerprint density at radius 3 is 1.37 bits per heavy atom. The van der Waals surface area contributed by atoms with Gasteiger partial charge in [0.05, 0.1) is 6.61 Å². The molecule has 3 aromatic carbocycles. The average molecular weight is 360 g/mol. The summed E-state index contributed by atoms with van der Waals surface area (Å²) in [6, 6.07) is 25.3. The predicted octanol–water partition coefficient (Wildman–Crippen LogP) is 5.30. The van der Waals surface area contributed by atoms with Crippen molar-refractivity contribution in [2.24, 2.45) is 0 Å². The van der Waals surface area contributed by atoms with Crippen LogP contribution in [0.2, 0.25) is 0 Å². The van der Waals surface area contributed by atoms with E-state index < -0.39 is 5.60 Å². The van der Waals surface area contributed by atoms with Crippen LogP contribution in [0.5, 0.6) is 0 Å². The molecule has 0 saturated heterocycles. The molecule has 3 rings (SSSR count). The minimum atomic E-state index is -0.711. The number of hydrogen-bond donors (Lipinski definition) is 1. The number of aliphatic hydroxyl groups is 1. The third-order valence-electron chi connectivity index (χ3n) is 5.19. The normalized spacial score (nSPS) is 11.6. The van der Waals surface area contributed by atoms with E-state index in [1.807, 2.05) is 0 Å². The highest BCUT2D eigenvalue weighted by Crippen LogP contribution is 2.44. The van der Waals surface area contributed by atoms with E-state index in [-0.39, 0.29) is 6.61 Å². The van der Waals surface area contributed by atoms with Gasteiger partial charge in [-0.1, -0.05) is 72.8 Å². The minimum Gasteiger partial charge on any atom is -0.396 e. The second kappa shape index (κ2) is 8.51. The van der Waals surface area contributed by atoms with E-state index in [0.717, 1.165) is 16.7 Å². The summed E-state index contributed by atoms with van der Waals surface area (Å²) in [4.78, 5) is 0. The molecule has 0 aliphatic heterocycles. The lowest BCUT2D eigenvalue weighted by atomic mass is 9.75. The Morgan fingerprint density at radius 2 is 1.04 bits per heavy atom. The Morgan fingerprint density at radius 1 is 0.667 bits per heavy atom. The van der Waals surface area contributed by atoms with Gasteiger partial charge in [-0.3, -0.25) is 0 Å². The lowest BCUT2D eigenvalue weighted by molar-refractivity contribution is 0.00479. The van der Waals surface area contributed by atoms with Crippen molar-refractivity contribution in [1.29, 1.82) is 0 Å². The van der Waals surface area contributed by atoms with E-state index in [1.54, 1.807) is 0 Å². The quantitative estimate of drug-likeness (QED) is 0.457. The summed E-state index contributed by atoms with van der Waals surface area (Å²) in [7, 11) is 0. The lowest BCUT2D eigenvalue weighted by Gasteiger charge is -2.39. The smallest absolute Gasteiger partial charge is 0.144 e. The van der Waals surface area contributed by atoms with Gasteiger partial charge in [0.25, 0.3) is 0 Å². The van der Waals surface area contributed by atoms with Gasteiger partial charge in [-0.25, -0.2) is 0 Å². The maximum atomic E-state index is 9.36. The Kier molecular flexibility index (Phi) is 6.10. The van der Waals surface area contributed by atoms with Gasteiger partial charge in [-0.15, -0.1) is 0 Å². The van der Waals surface area contributed by atoms with E-state index in [2.05, 4.69) is 93.6 Å². The molecule has 27 heavy (non-hydrogen) atoms. The first-order chi connectivity index (χ1) is 13.1. The highest BCUT2D eigenvalue weighted by atomic mass is 16.5. The van der Waals surface area contributed by atoms with Gasteiger partial charge in [0, 0.05) is 6.61 Å². The number of rotatable bonds is 7. The summed E-state index contributed by atoms with van der Waals surface area (Å²) in [5.74, 6) is 0. The van der Waals surface area contributed by atoms with Crippen LogP contribution in [0.1, 0.15) is 39.8 Å². The molecule has 0 unspecified atom stereocenters. The third kappa shape index (κ3) is 3.69. The molecule has 140 valence electrons. The second-order valence-corrected chi connectivity index (χ2v) is 7.05. The molecule has 0 spiro atoms. The van der Waals surface area contributed by atoms with Crippen LogP contribution in [0.3, 0.4) is 0 Å². The minimum absolute atomic E-state index is 0.116. The Hall–Kier alpha value is -2.42. The van der Waals surface area contributed by atoms with Crippen molar-refractivity contribution in [1.82, 2.24) is 0 Å². The fraction of sp³-hybridized carbons (Fsp3) is 0.280. The van der Waals surface area contributed by atoms with Gasteiger partial charge < -0.3 is 9.84 Å². The van der Waals surface area contributed by atoms with Crippen LogP contribution < -0.4 is 0 Å². The lowest BCUT2D eigenvalue weighted by Crippen LogP contribution is -2.35. The fourth-order valence-corrected chi connectivity index (χ4v) is 3.86. The zero-order valence-electron chi connectivity index (χ0n) is 16.4. The van der Waals surface area contributed by atoms with Crippen molar-refractivity contribution in [3.63, 3.8) is 0 Å². The van der Waals surface area contributed by atoms with E-state index in [4.69, 9.17) is 4.74 Å². The number of hydrogen-bond acceptors (Lipinski definition) is 2. The summed E-state index contributed by atoms with van der Waals surface area (Å²) in [5.41, 5.74) is 6.29. The molecule has 0 bridgehead atoms. The van der Waals surface area contributed by atoms with Crippen LogP contribution in [0.4, 0.5) is 0 Å². The van der Waals surface area contributed by atoms with Gasteiger partial charge in [-0.05, 0) is 60.6 Å². The number of benzene rings is 3. The van der Waals surface area contributed by atoms with E-state index in [1.165, 1.54) is 16.7 Å². The van der Waals surface area contributed by atoms with Crippen molar-refractivity contribution in [3.05, 3.63) is 106 Å². The number of aliphatic hydroxyl groups excluding tert-OH is 1. The van der Waals surface area contributed by atoms with Crippen molar-refractivity contribution in [2.75, 3.05) is 13.2 Å². The predicted molar refractivity (Wildman–Crippen MR) is 111 cm³/mol. The van der Waals surface area contributed by atoms with Gasteiger partial charge in [0.15, 0.2) is 0 Å². The van der Waals surface area contributed by atoms with Crippen LogP contribution >= 0.6 is 0 Å². The topological polar surface area (TPSA) is 29.5 Å². The van der Waals surface area contributed by atoms with Gasteiger partial charge >= 0.3 is 0 Å². The van der Waals surface area contributed by atoms with Crippen LogP contribution in [0.25, 0.3) is 0 Å². The summed E-state index contributed by atoms with van der Waals surface area (Å²) in [5, 5.41) is 9.36. The molecule has 0 aliphatic carbocycles. The average Bonchev–Trinajstić information content (AvgIpc) is 2.68. The molecule has 2 nitrogen and oxygen atoms in total. The third-order valence-corrected chi connectivity index (χ3v) is 5.19. The van der Waals surface area contributed by atoms with Crippen molar-refractivity contribution in [2.45, 2.75) is 32.8 Å². The molecule has 0 atom stereocenters. The monoisotopic (exact) mass is 360 g/mol. The summed E-state index contributed by atoms with van der Waals surface area (Å²) in [6.07, 6.45) is 0.603. The standard InChI is InChI=1S/C25H28O2/c1-19-11-4-7-14-22(19)25(27-18-10-17-26,23-15-8-5-12-20(23)2)24-16-9-6-13-21(24)3/h4-9,11-16,26H,10,17-18H2,1-3H3. The Bertz CT molecular complexity index is 787. The summed E-state index contributed by atoms with van der Waals surface area (Å²) >= 11 is 0. The molecule has 1 N–H and O–H groups in total. The van der Waals surface area contributed by atoms with Crippen molar-refractivity contribution >= 4 is 0 Å². The molecule has 3 aromatic rings. The molecule has 2 heteroatoms.